The van der Waals surface area contributed by atoms with Crippen molar-refractivity contribution >= 4 is 40.3 Å². The standard InChI is InChI=1S/C58H64N12O8S/c1-31(2)54(58(74)69-28-39(71)19-49(69)57(73)64-32(3)34-9-13-46(61-24-34)55-33(4)63-30-79-55)51-23-53(67-78-51)75-29-35-17-44(35)45-14-12-40(25-62-45)76-41-20-42(21-41)77-52-18-36(15-16-60-52)70-37-10-11-38(70)27-68(26-37)48-22-47(65-66-56(48)59)43-7-5-6-8-50(43)72/h5-9,12-16,18,22-25,30-32,35,37-39,41-42,44,49,54,71-72H,10-11,17,19-21,26-29H2,1-4H3,(H2,59,66)(H,64,73)/t32-,35-,37?,38?,39+,41-,42-,44+,49-,54+/m0/s1. The minimum atomic E-state index is -0.860. The molecule has 2 amide bonds. The number of nitrogens with zero attached hydrogens (tertiary/aromatic N) is 10. The average Bonchev–Trinajstić information content (AvgIpc) is 3.89. The van der Waals surface area contributed by atoms with Crippen LogP contribution in [0.5, 0.6) is 23.3 Å². The number of aryl methyl sites for hydroxylation is 1. The molecular weight excluding hydrogens is 1020 g/mol. The zero-order valence-electron chi connectivity index (χ0n) is 44.5. The van der Waals surface area contributed by atoms with Gasteiger partial charge in [-0.25, -0.2) is 9.97 Å². The van der Waals surface area contributed by atoms with Crippen molar-refractivity contribution in [2.45, 2.75) is 121 Å². The lowest BCUT2D eigenvalue weighted by Gasteiger charge is -2.43. The van der Waals surface area contributed by atoms with E-state index in [-0.39, 0.29) is 84.5 Å². The number of piperazine rings is 1. The molecule has 79 heavy (non-hydrogen) atoms. The van der Waals surface area contributed by atoms with Gasteiger partial charge in [-0.3, -0.25) is 19.6 Å². The van der Waals surface area contributed by atoms with Crippen molar-refractivity contribution in [3.63, 3.8) is 0 Å². The molecule has 2 bridgehead atoms. The molecule has 0 spiro atoms. The number of nitrogens with one attached hydrogen (secondary N) is 1. The normalized spacial score (nSPS) is 24.0. The van der Waals surface area contributed by atoms with Crippen LogP contribution in [0.2, 0.25) is 0 Å². The number of thiazole rings is 1. The van der Waals surface area contributed by atoms with Crippen molar-refractivity contribution in [1.29, 1.82) is 0 Å². The molecule has 3 saturated heterocycles. The molecule has 21 heteroatoms. The molecule has 410 valence electrons. The Kier molecular flexibility index (Phi) is 14.3. The molecule has 6 aromatic heterocycles. The quantitative estimate of drug-likeness (QED) is 0.0644. The first kappa shape index (κ1) is 51.8. The molecule has 0 radical (unpaired) electrons. The number of para-hydroxylation sites is 1. The van der Waals surface area contributed by atoms with Crippen LogP contribution in [-0.2, 0) is 9.59 Å². The van der Waals surface area contributed by atoms with Gasteiger partial charge in [0.05, 0.1) is 58.1 Å². The topological polar surface area (TPSA) is 253 Å². The molecule has 5 N–H and O–H groups in total. The van der Waals surface area contributed by atoms with Crippen molar-refractivity contribution in [3.05, 3.63) is 120 Å². The van der Waals surface area contributed by atoms with Gasteiger partial charge < -0.3 is 54.7 Å². The average molecular weight is 1090 g/mol. The van der Waals surface area contributed by atoms with Crippen LogP contribution in [-0.4, -0.2) is 125 Å². The second-order valence-corrected chi connectivity index (χ2v) is 22.9. The zero-order chi connectivity index (χ0) is 54.5. The second-order valence-electron chi connectivity index (χ2n) is 22.0. The van der Waals surface area contributed by atoms with E-state index >= 15 is 0 Å². The number of nitrogens with two attached hydrogens (primary N) is 1. The molecule has 2 aliphatic carbocycles. The predicted molar refractivity (Wildman–Crippen MR) is 295 cm³/mol. The Morgan fingerprint density at radius 3 is 2.41 bits per heavy atom. The molecule has 2 saturated carbocycles. The van der Waals surface area contributed by atoms with E-state index in [1.165, 1.54) is 16.2 Å². The molecule has 7 aromatic rings. The lowest BCUT2D eigenvalue weighted by Crippen LogP contribution is -2.54. The number of β-amino-alcohol motifs (C(OH)–C–C–N with tert-alkyl or cyclic N) is 1. The van der Waals surface area contributed by atoms with Gasteiger partial charge in [-0.2, -0.15) is 0 Å². The van der Waals surface area contributed by atoms with E-state index in [1.807, 2.05) is 76.4 Å². The van der Waals surface area contributed by atoms with Gasteiger partial charge in [0, 0.05) is 104 Å². The number of fused-ring (bicyclic) bond motifs is 2. The van der Waals surface area contributed by atoms with Gasteiger partial charge in [0.15, 0.2) is 11.6 Å². The van der Waals surface area contributed by atoms with E-state index < -0.39 is 18.1 Å². The number of aliphatic hydroxyl groups excluding tert-OH is 1. The summed E-state index contributed by atoms with van der Waals surface area (Å²) < 4.78 is 24.5. The minimum Gasteiger partial charge on any atom is -0.507 e. The van der Waals surface area contributed by atoms with Crippen molar-refractivity contribution in [2.24, 2.45) is 11.8 Å². The highest BCUT2D eigenvalue weighted by atomic mass is 32.1. The number of phenols is 1. The van der Waals surface area contributed by atoms with Crippen LogP contribution in [0.25, 0.3) is 21.8 Å². The smallest absolute Gasteiger partial charge is 0.254 e. The number of benzene rings is 1. The Bertz CT molecular complexity index is 3300. The monoisotopic (exact) mass is 1090 g/mol. The number of amides is 2. The van der Waals surface area contributed by atoms with Gasteiger partial charge in [-0.05, 0) is 92.2 Å². The molecule has 1 aromatic carbocycles. The van der Waals surface area contributed by atoms with Crippen LogP contribution in [0, 0.1) is 18.8 Å². The first-order valence-electron chi connectivity index (χ1n) is 27.2. The molecule has 3 aliphatic heterocycles. The Hall–Kier alpha value is -7.91. The van der Waals surface area contributed by atoms with Gasteiger partial charge in [0.25, 0.3) is 5.88 Å². The van der Waals surface area contributed by atoms with Crippen LogP contribution in [0.1, 0.15) is 99.9 Å². The lowest BCUT2D eigenvalue weighted by atomic mass is 9.91. The summed E-state index contributed by atoms with van der Waals surface area (Å²) in [6.07, 6.45) is 9.12. The van der Waals surface area contributed by atoms with E-state index in [2.05, 4.69) is 57.6 Å². The predicted octanol–water partition coefficient (Wildman–Crippen LogP) is 7.64. The SMILES string of the molecule is Cc1ncsc1-c1ccc([C@H](C)NC(=O)[C@@H]2C[C@@H](O)CN2C(=O)[C@@H](c2cc(OC[C@@H]3C[C@H]3c3ccc(O[C@H]4C[C@H](Oc5cc(N6C7CCC6CN(c6cc(-c8ccccc8O)nnc6N)C7)ccn5)C4)cn3)no2)C(C)C)cn1. The minimum absolute atomic E-state index is 0.00825. The fraction of sp³-hybridized carbons (Fsp3) is 0.431. The maximum Gasteiger partial charge on any atom is 0.254 e. The summed E-state index contributed by atoms with van der Waals surface area (Å²) in [5.74, 6) is 1.32. The number of likely N-dealkylation sites (tertiary alicyclic amines) is 1. The molecule has 8 atom stereocenters. The van der Waals surface area contributed by atoms with Crippen molar-refractivity contribution in [3.8, 4) is 45.1 Å². The molecule has 5 aliphatic rings. The molecule has 2 unspecified atom stereocenters. The van der Waals surface area contributed by atoms with Crippen molar-refractivity contribution in [2.75, 3.05) is 41.8 Å². The summed E-state index contributed by atoms with van der Waals surface area (Å²) in [6, 6.07) is 21.9. The van der Waals surface area contributed by atoms with Gasteiger partial charge in [0.1, 0.15) is 35.7 Å². The second kappa shape index (κ2) is 21.7. The fourth-order valence-corrected chi connectivity index (χ4v) is 12.6. The number of carbonyl (C=O) groups is 2. The van der Waals surface area contributed by atoms with Crippen LogP contribution < -0.4 is 35.1 Å². The van der Waals surface area contributed by atoms with Crippen LogP contribution in [0.4, 0.5) is 17.2 Å². The highest BCUT2D eigenvalue weighted by Gasteiger charge is 2.45. The van der Waals surface area contributed by atoms with E-state index in [0.29, 0.717) is 41.1 Å². The number of aromatic nitrogens is 7. The number of anilines is 3. The third kappa shape index (κ3) is 10.8. The van der Waals surface area contributed by atoms with E-state index in [9.17, 15) is 19.8 Å². The summed E-state index contributed by atoms with van der Waals surface area (Å²) in [5, 5.41) is 36.9. The first-order valence-corrected chi connectivity index (χ1v) is 28.1. The van der Waals surface area contributed by atoms with Crippen molar-refractivity contribution in [1.82, 2.24) is 45.5 Å². The van der Waals surface area contributed by atoms with Crippen molar-refractivity contribution < 1.29 is 38.5 Å². The number of carbonyl (C=O) groups excluding carboxylic acids is 2. The van der Waals surface area contributed by atoms with E-state index in [1.54, 1.807) is 36.1 Å². The Morgan fingerprint density at radius 2 is 1.67 bits per heavy atom. The van der Waals surface area contributed by atoms with Gasteiger partial charge in [0.2, 0.25) is 17.7 Å². The Morgan fingerprint density at radius 1 is 0.861 bits per heavy atom. The van der Waals surface area contributed by atoms with E-state index in [4.69, 9.17) is 29.5 Å². The molecule has 5 fully saturated rings. The number of aromatic hydroxyl groups is 1. The number of pyridine rings is 3. The van der Waals surface area contributed by atoms with Gasteiger partial charge >= 0.3 is 0 Å². The Labute approximate surface area is 461 Å². The zero-order valence-corrected chi connectivity index (χ0v) is 45.3. The third-order valence-corrected chi connectivity index (χ3v) is 17.2. The molecular formula is C58H64N12O8S. The largest absolute Gasteiger partial charge is 0.507 e. The van der Waals surface area contributed by atoms with Crippen LogP contribution in [0.3, 0.4) is 0 Å². The fourth-order valence-electron chi connectivity index (χ4n) is 11.8. The molecule has 9 heterocycles. The number of hydrogen-bond acceptors (Lipinski definition) is 19. The summed E-state index contributed by atoms with van der Waals surface area (Å²) in [5.41, 5.74) is 14.8. The summed E-state index contributed by atoms with van der Waals surface area (Å²) in [7, 11) is 0. The Balaban J connectivity index is 0.588. The summed E-state index contributed by atoms with van der Waals surface area (Å²) in [6.45, 7) is 9.63. The lowest BCUT2D eigenvalue weighted by molar-refractivity contribution is -0.141. The number of aliphatic hydroxyl groups is 1. The van der Waals surface area contributed by atoms with Gasteiger partial charge in [-0.1, -0.05) is 32.0 Å². The summed E-state index contributed by atoms with van der Waals surface area (Å²) >= 11 is 1.53. The van der Waals surface area contributed by atoms with Gasteiger partial charge in [-0.15, -0.1) is 21.5 Å². The maximum atomic E-state index is 14.3. The highest BCUT2D eigenvalue weighted by Crippen LogP contribution is 2.47. The van der Waals surface area contributed by atoms with Crippen LogP contribution >= 0.6 is 11.3 Å². The number of nitrogen functional groups attached to an aromatic ring is 1. The number of phenolic OH excluding ortho intramolecular Hbond substituents is 1. The first-order chi connectivity index (χ1) is 38.3. The number of ether oxygens (including phenoxy) is 3. The third-order valence-electron chi connectivity index (χ3n) is 16.2. The number of rotatable bonds is 18. The molecule has 12 rings (SSSR count). The number of hydrogen-bond donors (Lipinski definition) is 4. The maximum absolute atomic E-state index is 14.3. The van der Waals surface area contributed by atoms with E-state index in [0.717, 1.165) is 84.1 Å². The van der Waals surface area contributed by atoms with Crippen LogP contribution in [0.15, 0.2) is 101 Å². The summed E-state index contributed by atoms with van der Waals surface area (Å²) in [4.78, 5) is 53.5. The molecule has 20 nitrogen and oxygen atoms in total. The highest BCUT2D eigenvalue weighted by molar-refractivity contribution is 7.13.